The number of nitrogens with zero attached hydrogens (tertiary/aromatic N) is 2. The van der Waals surface area contributed by atoms with Crippen LogP contribution in [-0.2, 0) is 4.79 Å². The summed E-state index contributed by atoms with van der Waals surface area (Å²) in [5.74, 6) is -0.956. The Kier molecular flexibility index (Phi) is 5.81. The number of piperidine rings is 1. The van der Waals surface area contributed by atoms with E-state index in [1.54, 1.807) is 34.5 Å². The highest BCUT2D eigenvalue weighted by molar-refractivity contribution is 7.13. The van der Waals surface area contributed by atoms with Gasteiger partial charge in [-0.3, -0.25) is 14.4 Å². The number of likely N-dealkylation sites (tertiary alicyclic amines) is 2. The monoisotopic (exact) mass is 478 g/mol. The lowest BCUT2D eigenvalue weighted by Gasteiger charge is -2.60. The van der Waals surface area contributed by atoms with Crippen molar-refractivity contribution in [3.8, 4) is 0 Å². The van der Waals surface area contributed by atoms with E-state index in [4.69, 9.17) is 11.6 Å². The first-order chi connectivity index (χ1) is 16.0. The maximum Gasteiger partial charge on any atom is 0.295 e. The number of thiophene rings is 1. The van der Waals surface area contributed by atoms with Gasteiger partial charge >= 0.3 is 0 Å². The minimum atomic E-state index is -0.440. The summed E-state index contributed by atoms with van der Waals surface area (Å²) in [5.41, 5.74) is 1.46. The van der Waals surface area contributed by atoms with Gasteiger partial charge in [-0.15, -0.1) is 11.3 Å². The molecule has 0 bridgehead atoms. The third-order valence-electron chi connectivity index (χ3n) is 6.84. The molecule has 0 aliphatic carbocycles. The lowest BCUT2D eigenvalue weighted by molar-refractivity contribution is -0.135. The van der Waals surface area contributed by atoms with Crippen LogP contribution in [0.25, 0.3) is 0 Å². The minimum Gasteiger partial charge on any atom is -0.336 e. The molecule has 1 atom stereocenters. The second-order valence-corrected chi connectivity index (χ2v) is 10.0. The van der Waals surface area contributed by atoms with E-state index in [2.05, 4.69) is 12.1 Å². The summed E-state index contributed by atoms with van der Waals surface area (Å²) >= 11 is 7.61. The van der Waals surface area contributed by atoms with Gasteiger partial charge in [0.25, 0.3) is 17.6 Å². The minimum absolute atomic E-state index is 0.0774. The average Bonchev–Trinajstić information content (AvgIpc) is 3.38. The highest BCUT2D eigenvalue weighted by atomic mass is 35.5. The van der Waals surface area contributed by atoms with Crippen LogP contribution in [0.2, 0.25) is 5.02 Å². The predicted molar refractivity (Wildman–Crippen MR) is 129 cm³/mol. The van der Waals surface area contributed by atoms with Gasteiger partial charge in [-0.05, 0) is 42.0 Å². The van der Waals surface area contributed by atoms with E-state index < -0.39 is 11.7 Å². The van der Waals surface area contributed by atoms with Gasteiger partial charge in [0, 0.05) is 25.0 Å². The number of benzene rings is 2. The Bertz CT molecular complexity index is 1190. The van der Waals surface area contributed by atoms with Gasteiger partial charge in [-0.25, -0.2) is 0 Å². The molecule has 1 unspecified atom stereocenters. The van der Waals surface area contributed by atoms with Crippen molar-refractivity contribution in [2.45, 2.75) is 18.9 Å². The van der Waals surface area contributed by atoms with Crippen LogP contribution >= 0.6 is 22.9 Å². The van der Waals surface area contributed by atoms with Crippen LogP contribution in [0, 0.1) is 5.41 Å². The molecular weight excluding hydrogens is 456 g/mol. The number of Topliss-reactive ketones (excluding diaryl/α,β-unsaturated/α-hetero) is 1. The van der Waals surface area contributed by atoms with Crippen molar-refractivity contribution in [2.24, 2.45) is 5.41 Å². The number of rotatable bonds is 4. The molecule has 2 aliphatic heterocycles. The van der Waals surface area contributed by atoms with E-state index in [0.717, 1.165) is 18.4 Å². The summed E-state index contributed by atoms with van der Waals surface area (Å²) in [6, 6.07) is 20.5. The summed E-state index contributed by atoms with van der Waals surface area (Å²) in [4.78, 5) is 42.7. The molecule has 2 amide bonds. The van der Waals surface area contributed by atoms with E-state index in [-0.39, 0.29) is 17.4 Å². The first kappa shape index (κ1) is 21.9. The second-order valence-electron chi connectivity index (χ2n) is 8.69. The molecule has 5 rings (SSSR count). The normalized spacial score (nSPS) is 19.2. The van der Waals surface area contributed by atoms with Crippen LogP contribution in [0.3, 0.4) is 0 Å². The average molecular weight is 479 g/mol. The Morgan fingerprint density at radius 3 is 2.27 bits per heavy atom. The maximum absolute atomic E-state index is 13.4. The zero-order valence-electron chi connectivity index (χ0n) is 17.9. The molecule has 0 radical (unpaired) electrons. The number of amides is 2. The van der Waals surface area contributed by atoms with Crippen molar-refractivity contribution in [1.82, 2.24) is 9.80 Å². The quantitative estimate of drug-likeness (QED) is 0.387. The molecular formula is C26H23ClN2O3S. The molecule has 3 heterocycles. The molecule has 33 heavy (non-hydrogen) atoms. The molecule has 2 saturated heterocycles. The van der Waals surface area contributed by atoms with Crippen LogP contribution in [0.4, 0.5) is 0 Å². The van der Waals surface area contributed by atoms with Crippen molar-refractivity contribution >= 4 is 40.5 Å². The van der Waals surface area contributed by atoms with Gasteiger partial charge < -0.3 is 9.80 Å². The first-order valence-electron chi connectivity index (χ1n) is 11.0. The van der Waals surface area contributed by atoms with Crippen molar-refractivity contribution in [1.29, 1.82) is 0 Å². The van der Waals surface area contributed by atoms with Gasteiger partial charge in [0.05, 0.1) is 21.5 Å². The third-order valence-corrected chi connectivity index (χ3v) is 8.04. The van der Waals surface area contributed by atoms with Crippen LogP contribution in [0.1, 0.15) is 44.5 Å². The fourth-order valence-corrected chi connectivity index (χ4v) is 6.00. The van der Waals surface area contributed by atoms with Crippen molar-refractivity contribution in [3.63, 3.8) is 0 Å². The first-order valence-corrected chi connectivity index (χ1v) is 12.2. The Morgan fingerprint density at radius 1 is 0.909 bits per heavy atom. The summed E-state index contributed by atoms with van der Waals surface area (Å²) in [6.45, 7) is 1.62. The SMILES string of the molecule is O=C(C(=O)N1CCC2(CC1)CN(C(=O)c1ccccc1Cl)C2c1ccccc1)c1cccs1. The van der Waals surface area contributed by atoms with Gasteiger partial charge in [0.15, 0.2) is 0 Å². The number of hydrogen-bond donors (Lipinski definition) is 0. The fraction of sp³-hybridized carbons (Fsp3) is 0.269. The molecule has 0 saturated carbocycles. The highest BCUT2D eigenvalue weighted by Gasteiger charge is 2.56. The number of halogens is 1. The molecule has 2 aromatic carbocycles. The molecule has 3 aromatic rings. The fourth-order valence-electron chi connectivity index (χ4n) is 5.13. The maximum atomic E-state index is 13.4. The Hall–Kier alpha value is -2.96. The molecule has 2 fully saturated rings. The molecule has 1 spiro atoms. The standard InChI is InChI=1S/C26H23ClN2O3S/c27-20-10-5-4-9-19(20)24(31)29-17-26(23(29)18-7-2-1-3-8-18)12-14-28(15-13-26)25(32)22(30)21-11-6-16-33-21/h1-11,16,23H,12-15,17H2. The van der Waals surface area contributed by atoms with E-state index in [1.165, 1.54) is 11.3 Å². The zero-order chi connectivity index (χ0) is 23.0. The summed E-state index contributed by atoms with van der Waals surface area (Å²) in [5, 5.41) is 2.25. The number of hydrogen-bond acceptors (Lipinski definition) is 4. The number of carbonyl (C=O) groups excluding carboxylic acids is 3. The molecule has 1 aromatic heterocycles. The topological polar surface area (TPSA) is 57.7 Å². The number of carbonyl (C=O) groups is 3. The van der Waals surface area contributed by atoms with Gasteiger partial charge in [-0.2, -0.15) is 0 Å². The van der Waals surface area contributed by atoms with Crippen molar-refractivity contribution < 1.29 is 14.4 Å². The summed E-state index contributed by atoms with van der Waals surface area (Å²) < 4.78 is 0. The lowest BCUT2D eigenvalue weighted by atomic mass is 9.63. The smallest absolute Gasteiger partial charge is 0.295 e. The second kappa shape index (κ2) is 8.76. The van der Waals surface area contributed by atoms with E-state index in [1.807, 2.05) is 35.2 Å². The largest absolute Gasteiger partial charge is 0.336 e. The number of ketones is 1. The van der Waals surface area contributed by atoms with Crippen molar-refractivity contribution in [2.75, 3.05) is 19.6 Å². The predicted octanol–water partition coefficient (Wildman–Crippen LogP) is 5.09. The molecule has 168 valence electrons. The Balaban J connectivity index is 1.36. The van der Waals surface area contributed by atoms with E-state index >= 15 is 0 Å². The Morgan fingerprint density at radius 2 is 1.61 bits per heavy atom. The Labute approximate surface area is 201 Å². The van der Waals surface area contributed by atoms with Crippen LogP contribution in [-0.4, -0.2) is 47.0 Å². The van der Waals surface area contributed by atoms with Crippen molar-refractivity contribution in [3.05, 3.63) is 93.1 Å². The van der Waals surface area contributed by atoms with Crippen LogP contribution in [0.5, 0.6) is 0 Å². The molecule has 2 aliphatic rings. The van der Waals surface area contributed by atoms with E-state index in [9.17, 15) is 14.4 Å². The van der Waals surface area contributed by atoms with Crippen LogP contribution in [0.15, 0.2) is 72.1 Å². The molecule has 7 heteroatoms. The lowest BCUT2D eigenvalue weighted by Crippen LogP contribution is -2.64. The zero-order valence-corrected chi connectivity index (χ0v) is 19.5. The van der Waals surface area contributed by atoms with Crippen LogP contribution < -0.4 is 0 Å². The van der Waals surface area contributed by atoms with Gasteiger partial charge in [0.1, 0.15) is 0 Å². The summed E-state index contributed by atoms with van der Waals surface area (Å²) in [6.07, 6.45) is 1.48. The summed E-state index contributed by atoms with van der Waals surface area (Å²) in [7, 11) is 0. The van der Waals surface area contributed by atoms with Gasteiger partial charge in [0.2, 0.25) is 0 Å². The van der Waals surface area contributed by atoms with Gasteiger partial charge in [-0.1, -0.05) is 60.1 Å². The molecule has 5 nitrogen and oxygen atoms in total. The third kappa shape index (κ3) is 3.87. The highest BCUT2D eigenvalue weighted by Crippen LogP contribution is 2.55. The molecule has 0 N–H and O–H groups in total. The van der Waals surface area contributed by atoms with E-state index in [0.29, 0.717) is 35.1 Å².